The van der Waals surface area contributed by atoms with Crippen LogP contribution >= 0.6 is 23.2 Å². The molecule has 1 aliphatic heterocycles. The van der Waals surface area contributed by atoms with E-state index in [0.29, 0.717) is 22.3 Å². The number of para-hydroxylation sites is 1. The molecule has 0 saturated carbocycles. The molecule has 1 aliphatic rings. The van der Waals surface area contributed by atoms with Crippen LogP contribution in [0.1, 0.15) is 17.5 Å². The number of hydrogen-bond donors (Lipinski definition) is 1. The largest absolute Gasteiger partial charge is 0.325 e. The number of nitrogens with one attached hydrogen (secondary N) is 1. The molecule has 0 aromatic heterocycles. The highest BCUT2D eigenvalue weighted by molar-refractivity contribution is 6.42. The van der Waals surface area contributed by atoms with Gasteiger partial charge in [-0.3, -0.25) is 9.59 Å². The molecule has 4 nitrogen and oxygen atoms in total. The summed E-state index contributed by atoms with van der Waals surface area (Å²) in [6.07, 6.45) is 0.178. The molecular weight excluding hydrogens is 359 g/mol. The van der Waals surface area contributed by atoms with E-state index in [-0.39, 0.29) is 18.2 Å². The zero-order valence-electron chi connectivity index (χ0n) is 14.0. The third-order valence-corrected chi connectivity index (χ3v) is 5.18. The van der Waals surface area contributed by atoms with Crippen molar-refractivity contribution in [3.05, 3.63) is 57.6 Å². The smallest absolute Gasteiger partial charge is 0.229 e. The van der Waals surface area contributed by atoms with Gasteiger partial charge in [0.2, 0.25) is 11.8 Å². The molecule has 0 radical (unpaired) electrons. The zero-order valence-corrected chi connectivity index (χ0v) is 15.5. The van der Waals surface area contributed by atoms with Crippen LogP contribution in [0.2, 0.25) is 10.0 Å². The summed E-state index contributed by atoms with van der Waals surface area (Å²) in [6, 6.07) is 10.9. The Morgan fingerprint density at radius 2 is 1.80 bits per heavy atom. The normalized spacial score (nSPS) is 17.0. The highest BCUT2D eigenvalue weighted by Gasteiger charge is 2.35. The molecule has 0 unspecified atom stereocenters. The quantitative estimate of drug-likeness (QED) is 0.850. The van der Waals surface area contributed by atoms with Crippen molar-refractivity contribution >= 4 is 46.4 Å². The van der Waals surface area contributed by atoms with Crippen LogP contribution in [-0.4, -0.2) is 18.4 Å². The number of anilines is 2. The summed E-state index contributed by atoms with van der Waals surface area (Å²) in [4.78, 5) is 26.5. The predicted molar refractivity (Wildman–Crippen MR) is 101 cm³/mol. The van der Waals surface area contributed by atoms with Crippen molar-refractivity contribution in [1.82, 2.24) is 0 Å². The van der Waals surface area contributed by atoms with Gasteiger partial charge >= 0.3 is 0 Å². The lowest BCUT2D eigenvalue weighted by molar-refractivity contribution is -0.122. The Labute approximate surface area is 156 Å². The minimum Gasteiger partial charge on any atom is -0.325 e. The van der Waals surface area contributed by atoms with Crippen molar-refractivity contribution in [3.63, 3.8) is 0 Å². The summed E-state index contributed by atoms with van der Waals surface area (Å²) in [5, 5.41) is 3.78. The summed E-state index contributed by atoms with van der Waals surface area (Å²) in [6.45, 7) is 4.22. The maximum Gasteiger partial charge on any atom is 0.229 e. The molecule has 2 aromatic carbocycles. The minimum atomic E-state index is -0.402. The van der Waals surface area contributed by atoms with Gasteiger partial charge < -0.3 is 10.2 Å². The Kier molecular flexibility index (Phi) is 5.02. The first-order valence-electron chi connectivity index (χ1n) is 7.99. The number of amides is 2. The molecule has 2 amide bonds. The number of hydrogen-bond acceptors (Lipinski definition) is 2. The first-order chi connectivity index (χ1) is 11.9. The van der Waals surface area contributed by atoms with Crippen molar-refractivity contribution in [2.24, 2.45) is 5.92 Å². The van der Waals surface area contributed by atoms with Gasteiger partial charge in [-0.1, -0.05) is 41.4 Å². The number of aryl methyl sites for hydroxylation is 2. The minimum absolute atomic E-state index is 0.0972. The van der Waals surface area contributed by atoms with Crippen molar-refractivity contribution in [2.75, 3.05) is 16.8 Å². The molecule has 0 spiro atoms. The summed E-state index contributed by atoms with van der Waals surface area (Å²) in [5.74, 6) is -0.644. The molecule has 25 heavy (non-hydrogen) atoms. The van der Waals surface area contributed by atoms with E-state index < -0.39 is 5.92 Å². The molecule has 0 bridgehead atoms. The van der Waals surface area contributed by atoms with Gasteiger partial charge in [-0.15, -0.1) is 0 Å². The first-order valence-corrected chi connectivity index (χ1v) is 8.75. The van der Waals surface area contributed by atoms with E-state index in [0.717, 1.165) is 16.8 Å². The van der Waals surface area contributed by atoms with Crippen LogP contribution < -0.4 is 10.2 Å². The van der Waals surface area contributed by atoms with Gasteiger partial charge in [0.25, 0.3) is 0 Å². The number of rotatable bonds is 3. The summed E-state index contributed by atoms with van der Waals surface area (Å²) in [7, 11) is 0. The molecular formula is C19H18Cl2N2O2. The number of nitrogens with zero attached hydrogens (tertiary/aromatic N) is 1. The van der Waals surface area contributed by atoms with Gasteiger partial charge in [-0.2, -0.15) is 0 Å². The van der Waals surface area contributed by atoms with E-state index in [1.807, 2.05) is 32.0 Å². The number of carbonyl (C=O) groups is 2. The van der Waals surface area contributed by atoms with Crippen LogP contribution in [-0.2, 0) is 9.59 Å². The van der Waals surface area contributed by atoms with E-state index in [1.165, 1.54) is 0 Å². The lowest BCUT2D eigenvalue weighted by Crippen LogP contribution is -2.28. The molecule has 1 saturated heterocycles. The van der Waals surface area contributed by atoms with Gasteiger partial charge in [0, 0.05) is 24.3 Å². The van der Waals surface area contributed by atoms with Gasteiger partial charge in [-0.25, -0.2) is 0 Å². The van der Waals surface area contributed by atoms with Crippen molar-refractivity contribution < 1.29 is 9.59 Å². The number of halogens is 2. The third-order valence-electron chi connectivity index (χ3n) is 4.44. The molecule has 1 heterocycles. The molecule has 3 rings (SSSR count). The van der Waals surface area contributed by atoms with Crippen molar-refractivity contribution in [3.8, 4) is 0 Å². The maximum absolute atomic E-state index is 12.6. The molecule has 6 heteroatoms. The van der Waals surface area contributed by atoms with Crippen LogP contribution in [0, 0.1) is 19.8 Å². The molecule has 130 valence electrons. The van der Waals surface area contributed by atoms with E-state index >= 15 is 0 Å². The van der Waals surface area contributed by atoms with Crippen LogP contribution in [0.4, 0.5) is 11.4 Å². The van der Waals surface area contributed by atoms with Crippen LogP contribution in [0.15, 0.2) is 36.4 Å². The van der Waals surface area contributed by atoms with Gasteiger partial charge in [0.05, 0.1) is 16.0 Å². The summed E-state index contributed by atoms with van der Waals surface area (Å²) >= 11 is 12.0. The fourth-order valence-electron chi connectivity index (χ4n) is 3.02. The van der Waals surface area contributed by atoms with Gasteiger partial charge in [0.15, 0.2) is 0 Å². The van der Waals surface area contributed by atoms with Crippen LogP contribution in [0.3, 0.4) is 0 Å². The molecule has 2 aromatic rings. The molecule has 1 atom stereocenters. The van der Waals surface area contributed by atoms with Gasteiger partial charge in [-0.05, 0) is 43.2 Å². The van der Waals surface area contributed by atoms with Crippen molar-refractivity contribution in [1.29, 1.82) is 0 Å². The van der Waals surface area contributed by atoms with Crippen LogP contribution in [0.5, 0.6) is 0 Å². The highest BCUT2D eigenvalue weighted by atomic mass is 35.5. The Hall–Kier alpha value is -2.04. The Bertz CT molecular complexity index is 831. The second-order valence-electron chi connectivity index (χ2n) is 6.26. The fourth-order valence-corrected chi connectivity index (χ4v) is 3.31. The Balaban J connectivity index is 1.75. The Morgan fingerprint density at radius 1 is 1.12 bits per heavy atom. The zero-order chi connectivity index (χ0) is 18.1. The van der Waals surface area contributed by atoms with Crippen molar-refractivity contribution in [2.45, 2.75) is 20.3 Å². The fraction of sp³-hybridized carbons (Fsp3) is 0.263. The second kappa shape index (κ2) is 7.06. The number of carbonyl (C=O) groups excluding carboxylic acids is 2. The number of benzene rings is 2. The highest BCUT2D eigenvalue weighted by Crippen LogP contribution is 2.31. The van der Waals surface area contributed by atoms with E-state index in [4.69, 9.17) is 23.2 Å². The van der Waals surface area contributed by atoms with E-state index in [9.17, 15) is 9.59 Å². The average molecular weight is 377 g/mol. The molecule has 1 fully saturated rings. The van der Waals surface area contributed by atoms with Gasteiger partial charge in [0.1, 0.15) is 0 Å². The lowest BCUT2D eigenvalue weighted by atomic mass is 10.1. The molecule has 1 N–H and O–H groups in total. The molecule has 0 aliphatic carbocycles. The third kappa shape index (κ3) is 3.65. The van der Waals surface area contributed by atoms with Crippen LogP contribution in [0.25, 0.3) is 0 Å². The monoisotopic (exact) mass is 376 g/mol. The average Bonchev–Trinajstić information content (AvgIpc) is 2.95. The lowest BCUT2D eigenvalue weighted by Gasteiger charge is -2.18. The van der Waals surface area contributed by atoms with E-state index in [1.54, 1.807) is 23.1 Å². The second-order valence-corrected chi connectivity index (χ2v) is 7.07. The SMILES string of the molecule is Cc1cccc(C)c1NC(=O)[C@@H]1CC(=O)N(c2ccc(Cl)c(Cl)c2)C1. The summed E-state index contributed by atoms with van der Waals surface area (Å²) < 4.78 is 0. The standard InChI is InChI=1S/C19H18Cl2N2O2/c1-11-4-3-5-12(2)18(11)22-19(25)13-8-17(24)23(10-13)14-6-7-15(20)16(21)9-14/h3-7,9,13H,8,10H2,1-2H3,(H,22,25)/t13-/m1/s1. The Morgan fingerprint density at radius 3 is 2.44 bits per heavy atom. The topological polar surface area (TPSA) is 49.4 Å². The maximum atomic E-state index is 12.6. The predicted octanol–water partition coefficient (Wildman–Crippen LogP) is 4.60. The van der Waals surface area contributed by atoms with E-state index in [2.05, 4.69) is 5.32 Å². The summed E-state index contributed by atoms with van der Waals surface area (Å²) in [5.41, 5.74) is 3.47. The first kappa shape index (κ1) is 17.8.